The highest BCUT2D eigenvalue weighted by Gasteiger charge is 2.17. The van der Waals surface area contributed by atoms with E-state index >= 15 is 0 Å². The van der Waals surface area contributed by atoms with Gasteiger partial charge in [-0.2, -0.15) is 0 Å². The average molecular weight is 402 g/mol. The quantitative estimate of drug-likeness (QED) is 0.472. The van der Waals surface area contributed by atoms with Gasteiger partial charge in [-0.05, 0) is 56.0 Å². The lowest BCUT2D eigenvalue weighted by atomic mass is 10.5. The predicted octanol–water partition coefficient (Wildman–Crippen LogP) is 5.17. The number of nitrogens with zero attached hydrogens (tertiary/aromatic N) is 5. The van der Waals surface area contributed by atoms with Crippen molar-refractivity contribution in [1.82, 2.24) is 19.6 Å². The van der Waals surface area contributed by atoms with Gasteiger partial charge in [0, 0.05) is 45.8 Å². The van der Waals surface area contributed by atoms with Gasteiger partial charge in [0.2, 0.25) is 0 Å². The van der Waals surface area contributed by atoms with E-state index in [1.165, 1.54) is 0 Å². The van der Waals surface area contributed by atoms with Gasteiger partial charge >= 0.3 is 0 Å². The number of hydrogen-bond donors (Lipinski definition) is 0. The second-order valence-electron chi connectivity index (χ2n) is 6.59. The van der Waals surface area contributed by atoms with Crippen molar-refractivity contribution in [3.63, 3.8) is 0 Å². The Morgan fingerprint density at radius 3 is 1.04 bits per heavy atom. The van der Waals surface area contributed by atoms with Gasteiger partial charge in [0.1, 0.15) is 0 Å². The summed E-state index contributed by atoms with van der Waals surface area (Å²) in [6, 6.07) is 0. The molecule has 0 aromatic heterocycles. The Morgan fingerprint density at radius 2 is 0.846 bits per heavy atom. The minimum Gasteiger partial charge on any atom is -0.308 e. The van der Waals surface area contributed by atoms with Gasteiger partial charge in [-0.3, -0.25) is 9.80 Å². The Kier molecular flexibility index (Phi) is 40.0. The average Bonchev–Trinajstić information content (AvgIpc) is 2.33. The minimum atomic E-state index is -1.24. The summed E-state index contributed by atoms with van der Waals surface area (Å²) in [7, 11) is 13.7. The molecule has 0 aromatic rings. The van der Waals surface area contributed by atoms with Gasteiger partial charge in [0.25, 0.3) is 0 Å². The van der Waals surface area contributed by atoms with Crippen LogP contribution in [-0.2, 0) is 0 Å². The van der Waals surface area contributed by atoms with Crippen LogP contribution in [0.4, 0.5) is 0 Å². The fourth-order valence-corrected chi connectivity index (χ4v) is 4.80. The lowest BCUT2D eigenvalue weighted by molar-refractivity contribution is 0.301. The number of hydrogen-bond acceptors (Lipinski definition) is 5. The molecule has 0 unspecified atom stereocenters. The lowest BCUT2D eigenvalue weighted by Gasteiger charge is -2.31. The molecule has 0 rings (SSSR count). The van der Waals surface area contributed by atoms with Crippen LogP contribution < -0.4 is 0 Å². The molecule has 0 amide bonds. The molecule has 0 N–H and O–H groups in total. The Balaban J connectivity index is -0.000000120. The summed E-state index contributed by atoms with van der Waals surface area (Å²) in [4.78, 5) is 9.33. The zero-order valence-corrected chi connectivity index (χ0v) is 15.8. The van der Waals surface area contributed by atoms with E-state index in [1.54, 1.807) is 0 Å². The molecule has 26 heavy (non-hydrogen) atoms. The Hall–Kier alpha value is 0.0700. The molecule has 0 fully saturated rings. The SMILES string of the molecule is C.C.C.C.C.C.CN=P(C)(CN(C)CCN(C)C)CN(C)CCN(C)C. The van der Waals surface area contributed by atoms with E-state index in [0.29, 0.717) is 0 Å². The second-order valence-corrected chi connectivity index (χ2v) is 10.2. The standard InChI is InChI=1S/C14H36N5P.6CH4/c1-15-20(8,13-18(6)11-9-16(2)3)14-19(7)12-10-17(4)5;;;;;;/h9-14H2,1-8H3;6*1H4. The Labute approximate surface area is 171 Å². The third kappa shape index (κ3) is 24.1. The maximum Gasteiger partial charge on any atom is 0.0340 e. The fourth-order valence-electron chi connectivity index (χ4n) is 2.09. The van der Waals surface area contributed by atoms with E-state index in [0.717, 1.165) is 38.8 Å². The Morgan fingerprint density at radius 1 is 0.577 bits per heavy atom. The largest absolute Gasteiger partial charge is 0.308 e. The van der Waals surface area contributed by atoms with Crippen LogP contribution in [0, 0.1) is 0 Å². The molecular weight excluding hydrogens is 341 g/mol. The van der Waals surface area contributed by atoms with Gasteiger partial charge in [0.15, 0.2) is 0 Å². The summed E-state index contributed by atoms with van der Waals surface area (Å²) in [6.45, 7) is 6.80. The monoisotopic (exact) mass is 401 g/mol. The van der Waals surface area contributed by atoms with Crippen molar-refractivity contribution in [2.45, 2.75) is 44.6 Å². The molecule has 170 valence electrons. The first-order valence-electron chi connectivity index (χ1n) is 7.31. The minimum absolute atomic E-state index is 0. The van der Waals surface area contributed by atoms with Crippen LogP contribution >= 0.6 is 7.05 Å². The first-order chi connectivity index (χ1) is 9.18. The van der Waals surface area contributed by atoms with Crippen LogP contribution in [0.5, 0.6) is 0 Å². The highest BCUT2D eigenvalue weighted by Crippen LogP contribution is 2.45. The molecule has 0 radical (unpaired) electrons. The summed E-state index contributed by atoms with van der Waals surface area (Å²) in [6.07, 6.45) is 2.23. The molecule has 0 saturated carbocycles. The molecule has 0 atom stereocenters. The van der Waals surface area contributed by atoms with Gasteiger partial charge < -0.3 is 14.5 Å². The summed E-state index contributed by atoms with van der Waals surface area (Å²) < 4.78 is 4.75. The van der Waals surface area contributed by atoms with Crippen LogP contribution in [0.3, 0.4) is 0 Å². The van der Waals surface area contributed by atoms with E-state index in [9.17, 15) is 0 Å². The van der Waals surface area contributed by atoms with E-state index in [1.807, 2.05) is 7.05 Å². The zero-order valence-electron chi connectivity index (χ0n) is 14.9. The summed E-state index contributed by atoms with van der Waals surface area (Å²) in [5.41, 5.74) is 0. The first kappa shape index (κ1) is 45.1. The summed E-state index contributed by atoms with van der Waals surface area (Å²) >= 11 is 0. The molecule has 0 spiro atoms. The normalized spacial score (nSPS) is 10.0. The maximum absolute atomic E-state index is 4.75. The maximum atomic E-state index is 4.75. The molecule has 0 aromatic carbocycles. The van der Waals surface area contributed by atoms with Crippen molar-refractivity contribution in [2.24, 2.45) is 4.74 Å². The van der Waals surface area contributed by atoms with Crippen molar-refractivity contribution in [3.05, 3.63) is 0 Å². The van der Waals surface area contributed by atoms with Crippen LogP contribution in [0.15, 0.2) is 4.74 Å². The number of likely N-dealkylation sites (N-methyl/N-ethyl adjacent to an activating group) is 4. The lowest BCUT2D eigenvalue weighted by Crippen LogP contribution is -2.33. The molecule has 0 saturated heterocycles. The summed E-state index contributed by atoms with van der Waals surface area (Å²) in [5, 5.41) is 0. The van der Waals surface area contributed by atoms with E-state index in [2.05, 4.69) is 68.6 Å². The van der Waals surface area contributed by atoms with Crippen LogP contribution in [0.25, 0.3) is 0 Å². The highest BCUT2D eigenvalue weighted by atomic mass is 31.2. The van der Waals surface area contributed by atoms with Gasteiger partial charge in [0.05, 0.1) is 0 Å². The Bertz CT molecular complexity index is 283. The molecule has 0 aliphatic carbocycles. The van der Waals surface area contributed by atoms with Crippen molar-refractivity contribution in [1.29, 1.82) is 0 Å². The summed E-state index contributed by atoms with van der Waals surface area (Å²) in [5.74, 6) is 0. The van der Waals surface area contributed by atoms with Gasteiger partial charge in [-0.15, -0.1) is 0 Å². The molecule has 0 bridgehead atoms. The first-order valence-corrected chi connectivity index (χ1v) is 9.87. The highest BCUT2D eigenvalue weighted by molar-refractivity contribution is 7.65. The second kappa shape index (κ2) is 23.1. The van der Waals surface area contributed by atoms with Crippen LogP contribution in [-0.4, -0.2) is 114 Å². The molecular formula is C20H60N5P. The van der Waals surface area contributed by atoms with E-state index in [4.69, 9.17) is 4.74 Å². The topological polar surface area (TPSA) is 25.3 Å². The molecule has 0 aliphatic heterocycles. The molecule has 5 nitrogen and oxygen atoms in total. The molecule has 6 heteroatoms. The van der Waals surface area contributed by atoms with E-state index in [-0.39, 0.29) is 44.6 Å². The van der Waals surface area contributed by atoms with Crippen molar-refractivity contribution < 1.29 is 0 Å². The number of rotatable bonds is 10. The predicted molar refractivity (Wildman–Crippen MR) is 134 cm³/mol. The molecule has 0 heterocycles. The van der Waals surface area contributed by atoms with Gasteiger partial charge in [-0.25, -0.2) is 0 Å². The third-order valence-electron chi connectivity index (χ3n) is 3.43. The zero-order chi connectivity index (χ0) is 15.8. The molecule has 0 aliphatic rings. The smallest absolute Gasteiger partial charge is 0.0340 e. The van der Waals surface area contributed by atoms with Crippen LogP contribution in [0.1, 0.15) is 44.6 Å². The van der Waals surface area contributed by atoms with Crippen molar-refractivity contribution in [2.75, 3.05) is 94.7 Å². The fraction of sp³-hybridized carbons (Fsp3) is 1.00. The van der Waals surface area contributed by atoms with E-state index < -0.39 is 7.05 Å². The third-order valence-corrected chi connectivity index (χ3v) is 6.58. The van der Waals surface area contributed by atoms with Crippen molar-refractivity contribution in [3.8, 4) is 0 Å². The van der Waals surface area contributed by atoms with Crippen LogP contribution in [0.2, 0.25) is 0 Å². The van der Waals surface area contributed by atoms with Gasteiger partial charge in [-0.1, -0.05) is 44.6 Å². The van der Waals surface area contributed by atoms with Crippen molar-refractivity contribution >= 4 is 7.05 Å².